The monoisotopic (exact) mass is 314 g/mol. The lowest BCUT2D eigenvalue weighted by Gasteiger charge is -2.18. The Morgan fingerprint density at radius 3 is 2.82 bits per heavy atom. The third-order valence-corrected chi connectivity index (χ3v) is 3.45. The highest BCUT2D eigenvalue weighted by Crippen LogP contribution is 2.27. The molecule has 122 valence electrons. The smallest absolute Gasteiger partial charge is 0.306 e. The van der Waals surface area contributed by atoms with E-state index < -0.39 is 23.7 Å². The van der Waals surface area contributed by atoms with E-state index in [0.717, 1.165) is 6.07 Å². The lowest BCUT2D eigenvalue weighted by Crippen LogP contribution is -2.12. The van der Waals surface area contributed by atoms with Crippen LogP contribution in [0.2, 0.25) is 0 Å². The lowest BCUT2D eigenvalue weighted by molar-refractivity contribution is -0.143. The highest BCUT2D eigenvalue weighted by molar-refractivity contribution is 5.69. The molecule has 0 saturated carbocycles. The molecule has 1 aromatic rings. The second-order valence-electron chi connectivity index (χ2n) is 5.19. The fourth-order valence-electron chi connectivity index (χ4n) is 2.22. The molecule has 6 heteroatoms. The summed E-state index contributed by atoms with van der Waals surface area (Å²) in [5.74, 6) is -1.74. The maximum Gasteiger partial charge on any atom is 0.306 e. The number of epoxide rings is 1. The van der Waals surface area contributed by atoms with E-state index in [0.29, 0.717) is 24.3 Å². The number of carbonyl (C=O) groups is 1. The van der Waals surface area contributed by atoms with Gasteiger partial charge in [-0.3, -0.25) is 4.79 Å². The molecule has 0 N–H and O–H groups in total. The standard InChI is InChI=1S/C16H20F2O4/c1-3-20-16(19)5-4-13-14(6-11(17)7-15(13)18)10(2)21-8-12-9-22-12/h6-7,10,12H,3-5,8-9H2,1-2H3/t10-,12+/m1/s1. The molecule has 0 bridgehead atoms. The van der Waals surface area contributed by atoms with Crippen LogP contribution in [0.1, 0.15) is 37.5 Å². The molecule has 0 spiro atoms. The van der Waals surface area contributed by atoms with Crippen molar-refractivity contribution < 1.29 is 27.8 Å². The summed E-state index contributed by atoms with van der Waals surface area (Å²) < 4.78 is 43.0. The van der Waals surface area contributed by atoms with Crippen molar-refractivity contribution in [2.24, 2.45) is 0 Å². The summed E-state index contributed by atoms with van der Waals surface area (Å²) in [7, 11) is 0. The van der Waals surface area contributed by atoms with Crippen molar-refractivity contribution in [3.8, 4) is 0 Å². The Morgan fingerprint density at radius 2 is 2.18 bits per heavy atom. The molecule has 1 fully saturated rings. The average Bonchev–Trinajstić information content (AvgIpc) is 3.27. The first-order valence-electron chi connectivity index (χ1n) is 7.38. The highest BCUT2D eigenvalue weighted by Gasteiger charge is 2.25. The van der Waals surface area contributed by atoms with Gasteiger partial charge in [-0.1, -0.05) is 0 Å². The van der Waals surface area contributed by atoms with Crippen molar-refractivity contribution in [3.63, 3.8) is 0 Å². The summed E-state index contributed by atoms with van der Waals surface area (Å²) in [5, 5.41) is 0. The van der Waals surface area contributed by atoms with Gasteiger partial charge in [-0.15, -0.1) is 0 Å². The minimum atomic E-state index is -0.669. The molecular formula is C16H20F2O4. The number of benzene rings is 1. The minimum Gasteiger partial charge on any atom is -0.466 e. The summed E-state index contributed by atoms with van der Waals surface area (Å²) >= 11 is 0. The lowest BCUT2D eigenvalue weighted by atomic mass is 9.98. The first-order chi connectivity index (χ1) is 10.5. The van der Waals surface area contributed by atoms with E-state index in [1.165, 1.54) is 6.07 Å². The van der Waals surface area contributed by atoms with Crippen LogP contribution in [0.25, 0.3) is 0 Å². The Kier molecular flexibility index (Phi) is 5.85. The third-order valence-electron chi connectivity index (χ3n) is 3.45. The van der Waals surface area contributed by atoms with Crippen LogP contribution in [0.5, 0.6) is 0 Å². The van der Waals surface area contributed by atoms with Gasteiger partial charge in [-0.2, -0.15) is 0 Å². The van der Waals surface area contributed by atoms with Crippen molar-refractivity contribution in [1.82, 2.24) is 0 Å². The molecule has 1 saturated heterocycles. The van der Waals surface area contributed by atoms with E-state index in [2.05, 4.69) is 0 Å². The van der Waals surface area contributed by atoms with Crippen molar-refractivity contribution in [1.29, 1.82) is 0 Å². The Labute approximate surface area is 128 Å². The molecule has 22 heavy (non-hydrogen) atoms. The molecule has 1 aliphatic heterocycles. The molecule has 0 unspecified atom stereocenters. The van der Waals surface area contributed by atoms with E-state index in [9.17, 15) is 13.6 Å². The first kappa shape index (κ1) is 16.8. The average molecular weight is 314 g/mol. The zero-order chi connectivity index (χ0) is 16.1. The largest absolute Gasteiger partial charge is 0.466 e. The molecule has 0 aromatic heterocycles. The van der Waals surface area contributed by atoms with Crippen LogP contribution in [-0.4, -0.2) is 31.9 Å². The number of ether oxygens (including phenoxy) is 3. The summed E-state index contributed by atoms with van der Waals surface area (Å²) in [6.07, 6.45) is -0.217. The van der Waals surface area contributed by atoms with Gasteiger partial charge in [0.2, 0.25) is 0 Å². The van der Waals surface area contributed by atoms with Gasteiger partial charge in [-0.05, 0) is 37.5 Å². The quantitative estimate of drug-likeness (QED) is 0.547. The first-order valence-corrected chi connectivity index (χ1v) is 7.38. The van der Waals surface area contributed by atoms with Gasteiger partial charge in [0.25, 0.3) is 0 Å². The summed E-state index contributed by atoms with van der Waals surface area (Å²) in [6, 6.07) is 2.07. The zero-order valence-corrected chi connectivity index (χ0v) is 12.7. The third kappa shape index (κ3) is 4.74. The minimum absolute atomic E-state index is 0.0435. The Balaban J connectivity index is 2.09. The van der Waals surface area contributed by atoms with Crippen LogP contribution in [-0.2, 0) is 25.4 Å². The van der Waals surface area contributed by atoms with Gasteiger partial charge in [0, 0.05) is 12.5 Å². The van der Waals surface area contributed by atoms with Crippen molar-refractivity contribution in [2.45, 2.75) is 38.9 Å². The van der Waals surface area contributed by atoms with E-state index in [1.807, 2.05) is 0 Å². The zero-order valence-electron chi connectivity index (χ0n) is 12.7. The summed E-state index contributed by atoms with van der Waals surface area (Å²) in [6.45, 7) is 4.75. The number of hydrogen-bond acceptors (Lipinski definition) is 4. The van der Waals surface area contributed by atoms with Gasteiger partial charge >= 0.3 is 5.97 Å². The fourth-order valence-corrected chi connectivity index (χ4v) is 2.22. The van der Waals surface area contributed by atoms with Gasteiger partial charge in [0.05, 0.1) is 25.9 Å². The molecule has 1 aromatic carbocycles. The van der Waals surface area contributed by atoms with Crippen molar-refractivity contribution >= 4 is 5.97 Å². The normalized spacial score (nSPS) is 18.1. The number of esters is 1. The van der Waals surface area contributed by atoms with E-state index >= 15 is 0 Å². The number of carbonyl (C=O) groups excluding carboxylic acids is 1. The molecule has 4 nitrogen and oxygen atoms in total. The molecule has 1 heterocycles. The van der Waals surface area contributed by atoms with Gasteiger partial charge < -0.3 is 14.2 Å². The molecule has 2 rings (SSSR count). The van der Waals surface area contributed by atoms with E-state index in [4.69, 9.17) is 14.2 Å². The number of rotatable bonds is 8. The van der Waals surface area contributed by atoms with Gasteiger partial charge in [-0.25, -0.2) is 8.78 Å². The van der Waals surface area contributed by atoms with Crippen molar-refractivity contribution in [3.05, 3.63) is 34.9 Å². The van der Waals surface area contributed by atoms with Crippen LogP contribution in [0.4, 0.5) is 8.78 Å². The Morgan fingerprint density at radius 1 is 1.45 bits per heavy atom. The second kappa shape index (κ2) is 7.65. The topological polar surface area (TPSA) is 48.1 Å². The van der Waals surface area contributed by atoms with Crippen LogP contribution in [0, 0.1) is 11.6 Å². The molecular weight excluding hydrogens is 294 g/mol. The second-order valence-corrected chi connectivity index (χ2v) is 5.19. The highest BCUT2D eigenvalue weighted by atomic mass is 19.1. The SMILES string of the molecule is CCOC(=O)CCc1c(F)cc(F)cc1[C@@H](C)OC[C@H]1CO1. The van der Waals surface area contributed by atoms with Crippen LogP contribution in [0.15, 0.2) is 12.1 Å². The predicted octanol–water partition coefficient (Wildman–Crippen LogP) is 2.94. The van der Waals surface area contributed by atoms with Crippen LogP contribution in [0.3, 0.4) is 0 Å². The van der Waals surface area contributed by atoms with Gasteiger partial charge in [0.15, 0.2) is 0 Å². The Hall–Kier alpha value is -1.53. The molecule has 0 radical (unpaired) electrons. The van der Waals surface area contributed by atoms with Crippen LogP contribution < -0.4 is 0 Å². The number of halogens is 2. The van der Waals surface area contributed by atoms with E-state index in [-0.39, 0.29) is 25.6 Å². The van der Waals surface area contributed by atoms with Crippen LogP contribution >= 0.6 is 0 Å². The summed E-state index contributed by atoms with van der Waals surface area (Å²) in [4.78, 5) is 11.4. The molecule has 0 aliphatic carbocycles. The maximum absolute atomic E-state index is 14.0. The van der Waals surface area contributed by atoms with E-state index in [1.54, 1.807) is 13.8 Å². The molecule has 2 atom stereocenters. The number of hydrogen-bond donors (Lipinski definition) is 0. The molecule has 1 aliphatic rings. The predicted molar refractivity (Wildman–Crippen MR) is 75.4 cm³/mol. The van der Waals surface area contributed by atoms with Crippen molar-refractivity contribution in [2.75, 3.05) is 19.8 Å². The fraction of sp³-hybridized carbons (Fsp3) is 0.562. The maximum atomic E-state index is 14.0. The van der Waals surface area contributed by atoms with Gasteiger partial charge in [0.1, 0.15) is 17.7 Å². The Bertz CT molecular complexity index is 529. The molecule has 0 amide bonds. The summed E-state index contributed by atoms with van der Waals surface area (Å²) in [5.41, 5.74) is 0.709.